The summed E-state index contributed by atoms with van der Waals surface area (Å²) in [7, 11) is 1.63. The summed E-state index contributed by atoms with van der Waals surface area (Å²) < 4.78 is 6.25. The third-order valence-corrected chi connectivity index (χ3v) is 5.02. The first-order chi connectivity index (χ1) is 9.70. The molecule has 1 aromatic carbocycles. The number of benzene rings is 1. The summed E-state index contributed by atoms with van der Waals surface area (Å²) in [6.45, 7) is 3.19. The minimum atomic E-state index is 0.131. The van der Waals surface area contributed by atoms with Crippen LogP contribution in [0.1, 0.15) is 26.2 Å². The van der Waals surface area contributed by atoms with Gasteiger partial charge in [-0.05, 0) is 44.4 Å². The smallest absolute Gasteiger partial charge is 0.211 e. The minimum absolute atomic E-state index is 0.131. The number of anilines is 1. The highest BCUT2D eigenvalue weighted by Gasteiger charge is 2.21. The van der Waals surface area contributed by atoms with Gasteiger partial charge in [-0.1, -0.05) is 0 Å². The molecule has 1 saturated heterocycles. The van der Waals surface area contributed by atoms with Gasteiger partial charge in [-0.3, -0.25) is 4.79 Å². The van der Waals surface area contributed by atoms with E-state index in [1.54, 1.807) is 18.4 Å². The van der Waals surface area contributed by atoms with E-state index in [0.29, 0.717) is 6.04 Å². The predicted molar refractivity (Wildman–Crippen MR) is 85.3 cm³/mol. The second-order valence-electron chi connectivity index (χ2n) is 5.35. The van der Waals surface area contributed by atoms with E-state index >= 15 is 0 Å². The Morgan fingerprint density at radius 2 is 2.20 bits per heavy atom. The van der Waals surface area contributed by atoms with Gasteiger partial charge in [-0.25, -0.2) is 0 Å². The Morgan fingerprint density at radius 1 is 1.35 bits per heavy atom. The average molecular weight is 289 g/mol. The minimum Gasteiger partial charge on any atom is -0.497 e. The molecule has 0 unspecified atom stereocenters. The molecule has 1 atom stereocenters. The zero-order chi connectivity index (χ0) is 14.1. The largest absolute Gasteiger partial charge is 0.497 e. The molecule has 2 aromatic rings. The first-order valence-corrected chi connectivity index (χ1v) is 7.95. The Morgan fingerprint density at radius 3 is 2.95 bits per heavy atom. The van der Waals surface area contributed by atoms with Crippen LogP contribution in [0.5, 0.6) is 5.75 Å². The van der Waals surface area contributed by atoms with Gasteiger partial charge in [0.25, 0.3) is 0 Å². The van der Waals surface area contributed by atoms with E-state index in [4.69, 9.17) is 4.74 Å². The predicted octanol–water partition coefficient (Wildman–Crippen LogP) is 3.65. The van der Waals surface area contributed by atoms with E-state index in [2.05, 4.69) is 11.8 Å². The molecule has 0 amide bonds. The Hall–Kier alpha value is -1.55. The molecule has 1 aromatic heterocycles. The maximum absolute atomic E-state index is 12.8. The molecule has 106 valence electrons. The van der Waals surface area contributed by atoms with Crippen molar-refractivity contribution in [3.05, 3.63) is 33.8 Å². The molecular weight excluding hydrogens is 270 g/mol. The number of rotatable bonds is 2. The van der Waals surface area contributed by atoms with Crippen LogP contribution in [0.4, 0.5) is 5.69 Å². The molecule has 0 N–H and O–H groups in total. The molecule has 3 rings (SSSR count). The van der Waals surface area contributed by atoms with Crippen molar-refractivity contribution < 1.29 is 4.74 Å². The first kappa shape index (κ1) is 13.4. The molecular formula is C16H19NO2S. The second kappa shape index (κ2) is 5.44. The molecule has 3 nitrogen and oxygen atoms in total. The fraction of sp³-hybridized carbons (Fsp3) is 0.438. The molecule has 0 bridgehead atoms. The SMILES string of the molecule is COc1ccc2scc(N3CCCC[C@@H]3C)c(=O)c2c1. The highest BCUT2D eigenvalue weighted by Crippen LogP contribution is 2.28. The molecule has 0 radical (unpaired) electrons. The van der Waals surface area contributed by atoms with Gasteiger partial charge in [-0.15, -0.1) is 11.3 Å². The van der Waals surface area contributed by atoms with E-state index in [1.165, 1.54) is 19.3 Å². The third-order valence-electron chi connectivity index (χ3n) is 4.07. The van der Waals surface area contributed by atoms with Crippen LogP contribution in [0.25, 0.3) is 10.1 Å². The average Bonchev–Trinajstić information content (AvgIpc) is 2.48. The molecule has 0 aliphatic carbocycles. The number of nitrogens with zero attached hydrogens (tertiary/aromatic N) is 1. The van der Waals surface area contributed by atoms with Gasteiger partial charge in [0.1, 0.15) is 5.75 Å². The van der Waals surface area contributed by atoms with Crippen LogP contribution in [0.2, 0.25) is 0 Å². The van der Waals surface area contributed by atoms with Crippen molar-refractivity contribution in [3.63, 3.8) is 0 Å². The first-order valence-electron chi connectivity index (χ1n) is 7.07. The van der Waals surface area contributed by atoms with E-state index in [0.717, 1.165) is 28.1 Å². The van der Waals surface area contributed by atoms with Crippen LogP contribution < -0.4 is 15.1 Å². The van der Waals surface area contributed by atoms with Crippen LogP contribution in [0.3, 0.4) is 0 Å². The standard InChI is InChI=1S/C16H19NO2S/c1-11-5-3-4-8-17(11)14-10-20-15-7-6-12(19-2)9-13(15)16(14)18/h6-7,9-11H,3-5,8H2,1-2H3/t11-/m0/s1. The van der Waals surface area contributed by atoms with Crippen LogP contribution in [-0.4, -0.2) is 19.7 Å². The van der Waals surface area contributed by atoms with Crippen molar-refractivity contribution >= 4 is 27.1 Å². The van der Waals surface area contributed by atoms with Gasteiger partial charge >= 0.3 is 0 Å². The fourth-order valence-corrected chi connectivity index (χ4v) is 3.79. The summed E-state index contributed by atoms with van der Waals surface area (Å²) >= 11 is 1.64. The van der Waals surface area contributed by atoms with E-state index in [-0.39, 0.29) is 5.43 Å². The summed E-state index contributed by atoms with van der Waals surface area (Å²) in [5.41, 5.74) is 0.981. The maximum Gasteiger partial charge on any atom is 0.211 e. The summed E-state index contributed by atoms with van der Waals surface area (Å²) in [4.78, 5) is 15.0. The quantitative estimate of drug-likeness (QED) is 0.845. The number of piperidine rings is 1. The van der Waals surface area contributed by atoms with Crippen LogP contribution >= 0.6 is 11.3 Å². The third kappa shape index (κ3) is 2.29. The van der Waals surface area contributed by atoms with Crippen LogP contribution in [-0.2, 0) is 0 Å². The summed E-state index contributed by atoms with van der Waals surface area (Å²) in [6.07, 6.45) is 3.60. The Balaban J connectivity index is 2.12. The van der Waals surface area contributed by atoms with Crippen molar-refractivity contribution in [3.8, 4) is 5.75 Å². The molecule has 1 aliphatic heterocycles. The van der Waals surface area contributed by atoms with Gasteiger partial charge in [0.2, 0.25) is 5.43 Å². The maximum atomic E-state index is 12.8. The van der Waals surface area contributed by atoms with Crippen LogP contribution in [0.15, 0.2) is 28.4 Å². The highest BCUT2D eigenvalue weighted by molar-refractivity contribution is 7.16. The lowest BCUT2D eigenvalue weighted by atomic mass is 10.0. The van der Waals surface area contributed by atoms with Gasteiger partial charge in [0, 0.05) is 28.1 Å². The van der Waals surface area contributed by atoms with Gasteiger partial charge < -0.3 is 9.64 Å². The van der Waals surface area contributed by atoms with Gasteiger partial charge in [0.15, 0.2) is 0 Å². The zero-order valence-corrected chi connectivity index (χ0v) is 12.7. The van der Waals surface area contributed by atoms with Crippen molar-refractivity contribution in [1.82, 2.24) is 0 Å². The van der Waals surface area contributed by atoms with Gasteiger partial charge in [0.05, 0.1) is 12.8 Å². The number of fused-ring (bicyclic) bond motifs is 1. The molecule has 1 fully saturated rings. The lowest BCUT2D eigenvalue weighted by Crippen LogP contribution is -2.39. The normalized spacial score (nSPS) is 19.3. The zero-order valence-electron chi connectivity index (χ0n) is 11.9. The van der Waals surface area contributed by atoms with E-state index in [1.807, 2.05) is 23.6 Å². The molecule has 2 heterocycles. The van der Waals surface area contributed by atoms with E-state index in [9.17, 15) is 4.79 Å². The number of hydrogen-bond acceptors (Lipinski definition) is 4. The molecule has 20 heavy (non-hydrogen) atoms. The summed E-state index contributed by atoms with van der Waals surface area (Å²) in [6, 6.07) is 6.17. The van der Waals surface area contributed by atoms with Crippen molar-refractivity contribution in [1.29, 1.82) is 0 Å². The monoisotopic (exact) mass is 289 g/mol. The summed E-state index contributed by atoms with van der Waals surface area (Å²) in [5.74, 6) is 0.741. The lowest BCUT2D eigenvalue weighted by Gasteiger charge is -2.34. The molecule has 1 aliphatic rings. The van der Waals surface area contributed by atoms with Crippen molar-refractivity contribution in [2.45, 2.75) is 32.2 Å². The fourth-order valence-electron chi connectivity index (χ4n) is 2.88. The second-order valence-corrected chi connectivity index (χ2v) is 6.26. The molecule has 0 spiro atoms. The molecule has 0 saturated carbocycles. The number of methoxy groups -OCH3 is 1. The van der Waals surface area contributed by atoms with E-state index < -0.39 is 0 Å². The number of ether oxygens (including phenoxy) is 1. The number of hydrogen-bond donors (Lipinski definition) is 0. The van der Waals surface area contributed by atoms with Crippen LogP contribution in [0, 0.1) is 0 Å². The Labute approximate surface area is 122 Å². The Kier molecular flexibility index (Phi) is 3.66. The van der Waals surface area contributed by atoms with Crippen molar-refractivity contribution in [2.75, 3.05) is 18.6 Å². The highest BCUT2D eigenvalue weighted by atomic mass is 32.1. The lowest BCUT2D eigenvalue weighted by molar-refractivity contribution is 0.415. The van der Waals surface area contributed by atoms with Crippen molar-refractivity contribution in [2.24, 2.45) is 0 Å². The van der Waals surface area contributed by atoms with Gasteiger partial charge in [-0.2, -0.15) is 0 Å². The Bertz CT molecular complexity index is 680. The topological polar surface area (TPSA) is 29.5 Å². The summed E-state index contributed by atoms with van der Waals surface area (Å²) in [5, 5.41) is 2.78. The molecule has 4 heteroatoms.